The molecule has 1 aliphatic carbocycles. The fourth-order valence-electron chi connectivity index (χ4n) is 4.41. The van der Waals surface area contributed by atoms with E-state index in [1.807, 2.05) is 31.2 Å². The molecule has 0 aliphatic heterocycles. The zero-order valence-corrected chi connectivity index (χ0v) is 20.9. The zero-order valence-electron chi connectivity index (χ0n) is 20.2. The first kappa shape index (κ1) is 25.9. The van der Waals surface area contributed by atoms with E-state index in [0.717, 1.165) is 29.5 Å². The van der Waals surface area contributed by atoms with E-state index in [-0.39, 0.29) is 18.5 Å². The molecule has 0 aromatic heterocycles. The highest BCUT2D eigenvalue weighted by atomic mass is 35.5. The van der Waals surface area contributed by atoms with E-state index >= 15 is 0 Å². The van der Waals surface area contributed by atoms with E-state index in [2.05, 4.69) is 5.32 Å². The molecule has 0 bridgehead atoms. The standard InChI is InChI=1S/C28H29ClFNO5/c1-3-35-25-14-26(22(29)13-17(25)15-31-28(2,16-32)27(33)34)36-24-12-11-19-18(8-6-9-21(19)24)20-7-4-5-10-23(20)30/h4-10,13-14,24,31-32H,3,11-12,15-16H2,1-2H3,(H,33,34)/t24-,28+/m0/s1. The van der Waals surface area contributed by atoms with Crippen LogP contribution in [-0.4, -0.2) is 34.9 Å². The fourth-order valence-corrected chi connectivity index (χ4v) is 4.64. The van der Waals surface area contributed by atoms with Crippen LogP contribution in [0.1, 0.15) is 43.1 Å². The van der Waals surface area contributed by atoms with Crippen LogP contribution in [0, 0.1) is 5.82 Å². The van der Waals surface area contributed by atoms with Crippen molar-refractivity contribution in [1.82, 2.24) is 5.32 Å². The lowest BCUT2D eigenvalue weighted by Crippen LogP contribution is -2.52. The molecule has 0 radical (unpaired) electrons. The summed E-state index contributed by atoms with van der Waals surface area (Å²) in [4.78, 5) is 11.5. The Bertz CT molecular complexity index is 1270. The van der Waals surface area contributed by atoms with Crippen molar-refractivity contribution in [3.63, 3.8) is 0 Å². The molecule has 0 amide bonds. The molecular formula is C28H29ClFNO5. The number of carbonyl (C=O) groups is 1. The number of rotatable bonds is 10. The van der Waals surface area contributed by atoms with Gasteiger partial charge in [-0.3, -0.25) is 10.1 Å². The van der Waals surface area contributed by atoms with Crippen molar-refractivity contribution >= 4 is 17.6 Å². The number of nitrogens with one attached hydrogen (secondary N) is 1. The van der Waals surface area contributed by atoms with Crippen LogP contribution in [0.4, 0.5) is 4.39 Å². The van der Waals surface area contributed by atoms with Crippen LogP contribution >= 0.6 is 11.6 Å². The van der Waals surface area contributed by atoms with E-state index in [0.29, 0.717) is 34.3 Å². The average Bonchev–Trinajstić information content (AvgIpc) is 3.28. The Balaban J connectivity index is 1.60. The van der Waals surface area contributed by atoms with Gasteiger partial charge in [-0.1, -0.05) is 48.0 Å². The number of hydrogen-bond acceptors (Lipinski definition) is 5. The molecule has 2 atom stereocenters. The second kappa shape index (κ2) is 10.9. The summed E-state index contributed by atoms with van der Waals surface area (Å²) >= 11 is 6.58. The minimum Gasteiger partial charge on any atom is -0.493 e. The molecule has 3 aromatic rings. The van der Waals surface area contributed by atoms with Crippen LogP contribution in [0.5, 0.6) is 11.5 Å². The van der Waals surface area contributed by atoms with Crippen molar-refractivity contribution < 1.29 is 28.9 Å². The van der Waals surface area contributed by atoms with E-state index in [9.17, 15) is 19.4 Å². The summed E-state index contributed by atoms with van der Waals surface area (Å²) in [7, 11) is 0. The summed E-state index contributed by atoms with van der Waals surface area (Å²) in [6.45, 7) is 3.19. The highest BCUT2D eigenvalue weighted by molar-refractivity contribution is 6.32. The number of benzene rings is 3. The summed E-state index contributed by atoms with van der Waals surface area (Å²) in [5, 5.41) is 22.1. The molecule has 0 saturated heterocycles. The molecule has 0 heterocycles. The second-order valence-corrected chi connectivity index (χ2v) is 9.38. The molecule has 1 aliphatic rings. The minimum absolute atomic E-state index is 0.122. The van der Waals surface area contributed by atoms with Crippen molar-refractivity contribution in [3.8, 4) is 22.6 Å². The van der Waals surface area contributed by atoms with E-state index in [1.54, 1.807) is 24.3 Å². The topological polar surface area (TPSA) is 88.0 Å². The van der Waals surface area contributed by atoms with Gasteiger partial charge in [-0.25, -0.2) is 4.39 Å². The largest absolute Gasteiger partial charge is 0.493 e. The van der Waals surface area contributed by atoms with Gasteiger partial charge in [-0.05, 0) is 55.5 Å². The Labute approximate surface area is 214 Å². The lowest BCUT2D eigenvalue weighted by molar-refractivity contribution is -0.145. The van der Waals surface area contributed by atoms with Gasteiger partial charge in [0.1, 0.15) is 29.0 Å². The number of aliphatic hydroxyl groups is 1. The third kappa shape index (κ3) is 5.19. The summed E-state index contributed by atoms with van der Waals surface area (Å²) in [5.41, 5.74) is 2.63. The zero-order chi connectivity index (χ0) is 25.9. The average molecular weight is 514 g/mol. The summed E-state index contributed by atoms with van der Waals surface area (Å²) in [6.07, 6.45) is 1.21. The van der Waals surface area contributed by atoms with Crippen molar-refractivity contribution in [2.45, 2.75) is 44.9 Å². The molecule has 190 valence electrons. The first-order chi connectivity index (χ1) is 17.3. The van der Waals surface area contributed by atoms with Crippen LogP contribution in [-0.2, 0) is 17.8 Å². The molecule has 6 nitrogen and oxygen atoms in total. The van der Waals surface area contributed by atoms with Crippen LogP contribution in [0.15, 0.2) is 54.6 Å². The first-order valence-electron chi connectivity index (χ1n) is 11.8. The molecule has 0 fully saturated rings. The Morgan fingerprint density at radius 1 is 1.17 bits per heavy atom. The highest BCUT2D eigenvalue weighted by Gasteiger charge is 2.32. The number of aliphatic carboxylic acids is 1. The number of hydrogen-bond donors (Lipinski definition) is 3. The maximum Gasteiger partial charge on any atom is 0.326 e. The Morgan fingerprint density at radius 3 is 2.61 bits per heavy atom. The van der Waals surface area contributed by atoms with Crippen molar-refractivity contribution in [2.24, 2.45) is 0 Å². The monoisotopic (exact) mass is 513 g/mol. The highest BCUT2D eigenvalue weighted by Crippen LogP contribution is 2.43. The normalized spacial score (nSPS) is 16.3. The molecule has 4 rings (SSSR count). The Kier molecular flexibility index (Phi) is 7.83. The maximum atomic E-state index is 14.5. The van der Waals surface area contributed by atoms with Gasteiger partial charge < -0.3 is 19.7 Å². The quantitative estimate of drug-likeness (QED) is 0.330. The number of carboxylic acids is 1. The van der Waals surface area contributed by atoms with Crippen LogP contribution < -0.4 is 14.8 Å². The first-order valence-corrected chi connectivity index (χ1v) is 12.2. The fraction of sp³-hybridized carbons (Fsp3) is 0.321. The predicted octanol–water partition coefficient (Wildman–Crippen LogP) is 5.54. The lowest BCUT2D eigenvalue weighted by Gasteiger charge is -2.25. The van der Waals surface area contributed by atoms with Gasteiger partial charge in [0, 0.05) is 23.7 Å². The number of aliphatic hydroxyl groups excluding tert-OH is 1. The number of ether oxygens (including phenoxy) is 2. The molecule has 0 saturated carbocycles. The van der Waals surface area contributed by atoms with Crippen LogP contribution in [0.2, 0.25) is 5.02 Å². The summed E-state index contributed by atoms with van der Waals surface area (Å²) in [5.74, 6) is -0.470. The number of halogens is 2. The maximum absolute atomic E-state index is 14.5. The predicted molar refractivity (Wildman–Crippen MR) is 136 cm³/mol. The second-order valence-electron chi connectivity index (χ2n) is 8.97. The van der Waals surface area contributed by atoms with E-state index in [1.165, 1.54) is 13.0 Å². The SMILES string of the molecule is CCOc1cc(O[C@H]2CCc3c(-c4ccccc4F)cccc32)c(Cl)cc1CN[C@](C)(CO)C(=O)O. The van der Waals surface area contributed by atoms with Gasteiger partial charge >= 0.3 is 5.97 Å². The molecule has 0 spiro atoms. The Morgan fingerprint density at radius 2 is 1.92 bits per heavy atom. The number of carboxylic acid groups (broad SMARTS) is 1. The summed E-state index contributed by atoms with van der Waals surface area (Å²) < 4.78 is 26.6. The van der Waals surface area contributed by atoms with Gasteiger partial charge in [-0.2, -0.15) is 0 Å². The molecular weight excluding hydrogens is 485 g/mol. The molecule has 3 aromatic carbocycles. The molecule has 0 unspecified atom stereocenters. The van der Waals surface area contributed by atoms with Gasteiger partial charge in [0.05, 0.1) is 18.2 Å². The van der Waals surface area contributed by atoms with Gasteiger partial charge in [0.2, 0.25) is 0 Å². The van der Waals surface area contributed by atoms with Crippen LogP contribution in [0.25, 0.3) is 11.1 Å². The lowest BCUT2D eigenvalue weighted by atomic mass is 9.96. The van der Waals surface area contributed by atoms with Gasteiger partial charge in [-0.15, -0.1) is 0 Å². The van der Waals surface area contributed by atoms with Crippen molar-refractivity contribution in [3.05, 3.63) is 82.1 Å². The molecule has 8 heteroatoms. The third-order valence-electron chi connectivity index (χ3n) is 6.52. The van der Waals surface area contributed by atoms with Crippen molar-refractivity contribution in [1.29, 1.82) is 0 Å². The van der Waals surface area contributed by atoms with Crippen LogP contribution in [0.3, 0.4) is 0 Å². The Hall–Kier alpha value is -3.13. The number of fused-ring (bicyclic) bond motifs is 1. The van der Waals surface area contributed by atoms with Crippen molar-refractivity contribution in [2.75, 3.05) is 13.2 Å². The minimum atomic E-state index is -1.51. The van der Waals surface area contributed by atoms with E-state index < -0.39 is 18.1 Å². The molecule has 3 N–H and O–H groups in total. The van der Waals surface area contributed by atoms with Gasteiger partial charge in [0.15, 0.2) is 0 Å². The van der Waals surface area contributed by atoms with Gasteiger partial charge in [0.25, 0.3) is 0 Å². The summed E-state index contributed by atoms with van der Waals surface area (Å²) in [6, 6.07) is 16.0. The molecule has 36 heavy (non-hydrogen) atoms. The smallest absolute Gasteiger partial charge is 0.326 e. The third-order valence-corrected chi connectivity index (χ3v) is 6.82. The van der Waals surface area contributed by atoms with E-state index in [4.69, 9.17) is 21.1 Å².